The van der Waals surface area contributed by atoms with Gasteiger partial charge in [-0.05, 0) is 31.4 Å². The minimum absolute atomic E-state index is 0.0879. The zero-order chi connectivity index (χ0) is 11.0. The molecule has 1 aromatic rings. The molecule has 0 amide bonds. The van der Waals surface area contributed by atoms with Gasteiger partial charge in [-0.3, -0.25) is 0 Å². The van der Waals surface area contributed by atoms with Crippen LogP contribution in [0.5, 0.6) is 0 Å². The number of rotatable bonds is 1. The summed E-state index contributed by atoms with van der Waals surface area (Å²) in [6.07, 6.45) is 3.68. The maximum absolute atomic E-state index is 13.8. The van der Waals surface area contributed by atoms with E-state index in [4.69, 9.17) is 0 Å². The number of halogens is 1. The highest BCUT2D eigenvalue weighted by molar-refractivity contribution is 5.49. The van der Waals surface area contributed by atoms with Gasteiger partial charge in [-0.2, -0.15) is 0 Å². The Bertz CT molecular complexity index is 380. The molecule has 0 spiro atoms. The fourth-order valence-electron chi connectivity index (χ4n) is 3.07. The van der Waals surface area contributed by atoms with E-state index in [1.165, 1.54) is 19.3 Å². The normalized spacial score (nSPS) is 29.2. The number of hydrogen-bond donors (Lipinski definition) is 1. The summed E-state index contributed by atoms with van der Waals surface area (Å²) in [6, 6.07) is 8.19. The third kappa shape index (κ3) is 1.59. The SMILES string of the molecule is Fc1ccccc1N1CCNC2CCCC21. The molecule has 2 fully saturated rings. The summed E-state index contributed by atoms with van der Waals surface area (Å²) >= 11 is 0. The van der Waals surface area contributed by atoms with Crippen molar-refractivity contribution in [2.75, 3.05) is 18.0 Å². The van der Waals surface area contributed by atoms with Gasteiger partial charge in [-0.15, -0.1) is 0 Å². The maximum atomic E-state index is 13.8. The molecule has 2 atom stereocenters. The maximum Gasteiger partial charge on any atom is 0.146 e. The van der Waals surface area contributed by atoms with Crippen molar-refractivity contribution in [2.45, 2.75) is 31.3 Å². The number of para-hydroxylation sites is 1. The number of nitrogens with one attached hydrogen (secondary N) is 1. The molecule has 2 nitrogen and oxygen atoms in total. The number of hydrogen-bond acceptors (Lipinski definition) is 2. The molecule has 1 saturated heterocycles. The summed E-state index contributed by atoms with van der Waals surface area (Å²) in [5.41, 5.74) is 0.779. The molecule has 0 radical (unpaired) electrons. The topological polar surface area (TPSA) is 15.3 Å². The number of fused-ring (bicyclic) bond motifs is 1. The van der Waals surface area contributed by atoms with Crippen LogP contribution in [0.25, 0.3) is 0 Å². The molecule has 0 aromatic heterocycles. The third-order valence-corrected chi connectivity index (χ3v) is 3.80. The lowest BCUT2D eigenvalue weighted by Gasteiger charge is -2.40. The van der Waals surface area contributed by atoms with Crippen LogP contribution in [0.15, 0.2) is 24.3 Å². The van der Waals surface area contributed by atoms with Crippen LogP contribution in [-0.4, -0.2) is 25.2 Å². The Labute approximate surface area is 95.4 Å². The molecular formula is C13H17FN2. The number of piperazine rings is 1. The Morgan fingerprint density at radius 2 is 2.12 bits per heavy atom. The van der Waals surface area contributed by atoms with Gasteiger partial charge in [0.15, 0.2) is 0 Å². The summed E-state index contributed by atoms with van der Waals surface area (Å²) in [5.74, 6) is -0.0879. The van der Waals surface area contributed by atoms with Gasteiger partial charge in [0.25, 0.3) is 0 Å². The Hall–Kier alpha value is -1.09. The van der Waals surface area contributed by atoms with Crippen LogP contribution in [-0.2, 0) is 0 Å². The molecule has 1 N–H and O–H groups in total. The van der Waals surface area contributed by atoms with E-state index < -0.39 is 0 Å². The zero-order valence-electron chi connectivity index (χ0n) is 9.32. The number of benzene rings is 1. The van der Waals surface area contributed by atoms with E-state index in [-0.39, 0.29) is 5.82 Å². The van der Waals surface area contributed by atoms with Gasteiger partial charge in [0, 0.05) is 25.2 Å². The molecule has 1 saturated carbocycles. The third-order valence-electron chi connectivity index (χ3n) is 3.80. The van der Waals surface area contributed by atoms with Gasteiger partial charge in [-0.25, -0.2) is 4.39 Å². The lowest BCUT2D eigenvalue weighted by atomic mass is 10.1. The average Bonchev–Trinajstić information content (AvgIpc) is 2.77. The van der Waals surface area contributed by atoms with Crippen molar-refractivity contribution < 1.29 is 4.39 Å². The van der Waals surface area contributed by atoms with Crippen LogP contribution in [0.1, 0.15) is 19.3 Å². The molecular weight excluding hydrogens is 203 g/mol. The van der Waals surface area contributed by atoms with Crippen molar-refractivity contribution in [3.05, 3.63) is 30.1 Å². The first-order chi connectivity index (χ1) is 7.86. The van der Waals surface area contributed by atoms with Crippen molar-refractivity contribution in [3.63, 3.8) is 0 Å². The summed E-state index contributed by atoms with van der Waals surface area (Å²) in [6.45, 7) is 1.89. The van der Waals surface area contributed by atoms with Gasteiger partial charge in [-0.1, -0.05) is 12.1 Å². The highest BCUT2D eigenvalue weighted by atomic mass is 19.1. The Balaban J connectivity index is 1.91. The van der Waals surface area contributed by atoms with E-state index in [2.05, 4.69) is 10.2 Å². The lowest BCUT2D eigenvalue weighted by Crippen LogP contribution is -2.55. The zero-order valence-corrected chi connectivity index (χ0v) is 9.32. The molecule has 2 unspecified atom stereocenters. The highest BCUT2D eigenvalue weighted by Gasteiger charge is 2.35. The molecule has 1 heterocycles. The Morgan fingerprint density at radius 1 is 1.25 bits per heavy atom. The molecule has 3 heteroatoms. The van der Waals surface area contributed by atoms with E-state index in [1.54, 1.807) is 12.1 Å². The van der Waals surface area contributed by atoms with Crippen LogP contribution in [0.4, 0.5) is 10.1 Å². The van der Waals surface area contributed by atoms with E-state index in [9.17, 15) is 4.39 Å². The molecule has 1 aromatic carbocycles. The number of nitrogens with zero attached hydrogens (tertiary/aromatic N) is 1. The largest absolute Gasteiger partial charge is 0.363 e. The average molecular weight is 220 g/mol. The predicted octanol–water partition coefficient (Wildman–Crippen LogP) is 2.16. The molecule has 1 aliphatic carbocycles. The molecule has 3 rings (SSSR count). The van der Waals surface area contributed by atoms with Crippen LogP contribution >= 0.6 is 0 Å². The highest BCUT2D eigenvalue weighted by Crippen LogP contribution is 2.31. The first-order valence-electron chi connectivity index (χ1n) is 6.11. The summed E-state index contributed by atoms with van der Waals surface area (Å²) in [5, 5.41) is 3.54. The quantitative estimate of drug-likeness (QED) is 0.780. The first-order valence-corrected chi connectivity index (χ1v) is 6.11. The van der Waals surface area contributed by atoms with Gasteiger partial charge < -0.3 is 10.2 Å². The predicted molar refractivity (Wildman–Crippen MR) is 63.2 cm³/mol. The number of anilines is 1. The van der Waals surface area contributed by atoms with Crippen molar-refractivity contribution in [1.29, 1.82) is 0 Å². The van der Waals surface area contributed by atoms with Crippen molar-refractivity contribution in [1.82, 2.24) is 5.32 Å². The minimum atomic E-state index is -0.0879. The Morgan fingerprint density at radius 3 is 3.00 bits per heavy atom. The second-order valence-corrected chi connectivity index (χ2v) is 4.70. The van der Waals surface area contributed by atoms with Gasteiger partial charge in [0.05, 0.1) is 5.69 Å². The molecule has 1 aliphatic heterocycles. The summed E-state index contributed by atoms with van der Waals surface area (Å²) in [4.78, 5) is 2.25. The first kappa shape index (κ1) is 10.1. The smallest absolute Gasteiger partial charge is 0.146 e. The Kier molecular flexibility index (Phi) is 2.56. The fourth-order valence-corrected chi connectivity index (χ4v) is 3.07. The monoisotopic (exact) mass is 220 g/mol. The van der Waals surface area contributed by atoms with Crippen molar-refractivity contribution in [3.8, 4) is 0 Å². The minimum Gasteiger partial charge on any atom is -0.363 e. The van der Waals surface area contributed by atoms with Crippen molar-refractivity contribution >= 4 is 5.69 Å². The van der Waals surface area contributed by atoms with Crippen molar-refractivity contribution in [2.24, 2.45) is 0 Å². The van der Waals surface area contributed by atoms with Crippen LogP contribution in [0.3, 0.4) is 0 Å². The van der Waals surface area contributed by atoms with Crippen LogP contribution in [0, 0.1) is 5.82 Å². The van der Waals surface area contributed by atoms with E-state index >= 15 is 0 Å². The summed E-state index contributed by atoms with van der Waals surface area (Å²) < 4.78 is 13.8. The molecule has 0 bridgehead atoms. The standard InChI is InChI=1S/C13H17FN2/c14-10-4-1-2-6-12(10)16-9-8-15-11-5-3-7-13(11)16/h1-2,4,6,11,13,15H,3,5,7-9H2. The second-order valence-electron chi connectivity index (χ2n) is 4.70. The van der Waals surface area contributed by atoms with Gasteiger partial charge in [0.2, 0.25) is 0 Å². The summed E-state index contributed by atoms with van der Waals surface area (Å²) in [7, 11) is 0. The molecule has 2 aliphatic rings. The van der Waals surface area contributed by atoms with Crippen LogP contribution < -0.4 is 10.2 Å². The lowest BCUT2D eigenvalue weighted by molar-refractivity contribution is 0.400. The molecule has 86 valence electrons. The van der Waals surface area contributed by atoms with E-state index in [1.807, 2.05) is 12.1 Å². The van der Waals surface area contributed by atoms with E-state index in [0.29, 0.717) is 12.1 Å². The van der Waals surface area contributed by atoms with Gasteiger partial charge >= 0.3 is 0 Å². The molecule has 16 heavy (non-hydrogen) atoms. The second kappa shape index (κ2) is 4.06. The van der Waals surface area contributed by atoms with E-state index in [0.717, 1.165) is 18.8 Å². The van der Waals surface area contributed by atoms with Gasteiger partial charge in [0.1, 0.15) is 5.82 Å². The van der Waals surface area contributed by atoms with Crippen LogP contribution in [0.2, 0.25) is 0 Å². The fraction of sp³-hybridized carbons (Fsp3) is 0.538.